The fourth-order valence-electron chi connectivity index (χ4n) is 1.85. The summed E-state index contributed by atoms with van der Waals surface area (Å²) in [5.74, 6) is 1.13. The van der Waals surface area contributed by atoms with E-state index in [1.807, 2.05) is 27.7 Å². The molecule has 0 bridgehead atoms. The second-order valence-electron chi connectivity index (χ2n) is 5.53. The van der Waals surface area contributed by atoms with Crippen LogP contribution in [0.25, 0.3) is 0 Å². The fourth-order valence-corrected chi connectivity index (χ4v) is 1.85. The Labute approximate surface area is 114 Å². The first-order valence-electron chi connectivity index (χ1n) is 6.25. The van der Waals surface area contributed by atoms with Gasteiger partial charge in [0.15, 0.2) is 0 Å². The van der Waals surface area contributed by atoms with Crippen molar-refractivity contribution in [2.45, 2.75) is 38.9 Å². The second-order valence-corrected chi connectivity index (χ2v) is 5.53. The molecule has 0 spiro atoms. The Morgan fingerprint density at radius 2 is 1.58 bits per heavy atom. The van der Waals surface area contributed by atoms with Crippen LogP contribution in [0.4, 0.5) is 0 Å². The van der Waals surface area contributed by atoms with Crippen molar-refractivity contribution >= 4 is 12.7 Å². The lowest BCUT2D eigenvalue weighted by atomic mass is 9.83. The number of nitrogens with zero attached hydrogens (tertiary/aromatic N) is 1. The molecule has 6 heteroatoms. The van der Waals surface area contributed by atoms with E-state index in [9.17, 15) is 0 Å². The molecule has 1 aromatic rings. The first-order chi connectivity index (χ1) is 8.80. The third-order valence-corrected chi connectivity index (χ3v) is 3.77. The Kier molecular flexibility index (Phi) is 3.49. The van der Waals surface area contributed by atoms with Crippen LogP contribution in [0.2, 0.25) is 0 Å². The van der Waals surface area contributed by atoms with Crippen molar-refractivity contribution in [2.75, 3.05) is 14.2 Å². The molecule has 0 atom stereocenters. The van der Waals surface area contributed by atoms with Crippen LogP contribution in [0.1, 0.15) is 27.7 Å². The van der Waals surface area contributed by atoms with Gasteiger partial charge in [-0.05, 0) is 33.8 Å². The fraction of sp³-hybridized carbons (Fsp3) is 0.615. The van der Waals surface area contributed by atoms with Gasteiger partial charge in [0.25, 0.3) is 0 Å². The Bertz CT molecular complexity index is 460. The summed E-state index contributed by atoms with van der Waals surface area (Å²) in [5.41, 5.74) is -0.221. The molecule has 5 nitrogen and oxygen atoms in total. The lowest BCUT2D eigenvalue weighted by Gasteiger charge is -2.32. The molecular formula is C13H20BNO4. The molecule has 1 fully saturated rings. The van der Waals surface area contributed by atoms with E-state index in [1.165, 1.54) is 0 Å². The zero-order valence-corrected chi connectivity index (χ0v) is 12.3. The van der Waals surface area contributed by atoms with Crippen molar-refractivity contribution in [1.29, 1.82) is 0 Å². The van der Waals surface area contributed by atoms with Gasteiger partial charge in [-0.1, -0.05) is 0 Å². The number of pyridine rings is 1. The third kappa shape index (κ3) is 2.42. The molecule has 104 valence electrons. The average Bonchev–Trinajstić information content (AvgIpc) is 2.57. The Balaban J connectivity index is 2.38. The van der Waals surface area contributed by atoms with Crippen LogP contribution >= 0.6 is 0 Å². The highest BCUT2D eigenvalue weighted by Gasteiger charge is 2.53. The van der Waals surface area contributed by atoms with Crippen molar-refractivity contribution in [3.05, 3.63) is 12.1 Å². The van der Waals surface area contributed by atoms with Gasteiger partial charge in [0.1, 0.15) is 11.3 Å². The number of hydrogen-bond acceptors (Lipinski definition) is 5. The minimum atomic E-state index is -0.560. The van der Waals surface area contributed by atoms with E-state index in [1.54, 1.807) is 26.4 Å². The van der Waals surface area contributed by atoms with Crippen molar-refractivity contribution in [3.63, 3.8) is 0 Å². The molecule has 19 heavy (non-hydrogen) atoms. The molecule has 0 unspecified atom stereocenters. The van der Waals surface area contributed by atoms with Crippen LogP contribution in [0.5, 0.6) is 11.6 Å². The van der Waals surface area contributed by atoms with Crippen molar-refractivity contribution in [3.8, 4) is 11.6 Å². The van der Waals surface area contributed by atoms with Gasteiger partial charge >= 0.3 is 7.12 Å². The SMILES string of the molecule is COc1ccc(OC)c(B2OC(C)(C)C(C)(C)O2)n1. The molecule has 0 saturated carbocycles. The van der Waals surface area contributed by atoms with E-state index in [-0.39, 0.29) is 0 Å². The number of methoxy groups -OCH3 is 2. The number of rotatable bonds is 3. The Hall–Kier alpha value is -1.27. The highest BCUT2D eigenvalue weighted by atomic mass is 16.7. The van der Waals surface area contributed by atoms with E-state index in [0.29, 0.717) is 17.2 Å². The molecule has 1 aliphatic rings. The molecule has 2 heterocycles. The highest BCUT2D eigenvalue weighted by molar-refractivity contribution is 6.62. The van der Waals surface area contributed by atoms with E-state index >= 15 is 0 Å². The normalized spacial score (nSPS) is 20.4. The van der Waals surface area contributed by atoms with Crippen LogP contribution in [0.3, 0.4) is 0 Å². The maximum absolute atomic E-state index is 5.97. The molecule has 1 aromatic heterocycles. The predicted octanol–water partition coefficient (Wildman–Crippen LogP) is 1.40. The van der Waals surface area contributed by atoms with Gasteiger partial charge < -0.3 is 18.8 Å². The van der Waals surface area contributed by atoms with Crippen molar-refractivity contribution in [2.24, 2.45) is 0 Å². The minimum absolute atomic E-state index is 0.409. The van der Waals surface area contributed by atoms with Gasteiger partial charge in [0.05, 0.1) is 25.4 Å². The molecule has 1 saturated heterocycles. The average molecular weight is 265 g/mol. The molecular weight excluding hydrogens is 245 g/mol. The molecule has 2 rings (SSSR count). The molecule has 1 aliphatic heterocycles. The molecule has 0 N–H and O–H groups in total. The topological polar surface area (TPSA) is 49.8 Å². The number of aromatic nitrogens is 1. The van der Waals surface area contributed by atoms with Crippen LogP contribution in [-0.2, 0) is 9.31 Å². The van der Waals surface area contributed by atoms with Gasteiger partial charge in [-0.15, -0.1) is 0 Å². The first kappa shape index (κ1) is 14.2. The van der Waals surface area contributed by atoms with Crippen LogP contribution < -0.4 is 15.1 Å². The molecule has 0 amide bonds. The lowest BCUT2D eigenvalue weighted by molar-refractivity contribution is 0.00578. The summed E-state index contributed by atoms with van der Waals surface area (Å²) < 4.78 is 22.4. The smallest absolute Gasteiger partial charge is 0.496 e. The standard InChI is InChI=1S/C13H20BNO4/c1-12(2)13(3,4)19-14(18-12)11-9(16-5)7-8-10(15-11)17-6/h7-8H,1-6H3. The lowest BCUT2D eigenvalue weighted by Crippen LogP contribution is -2.41. The third-order valence-electron chi connectivity index (χ3n) is 3.77. The summed E-state index contributed by atoms with van der Waals surface area (Å²) in [6.07, 6.45) is 0. The van der Waals surface area contributed by atoms with Crippen LogP contribution in [0, 0.1) is 0 Å². The maximum atomic E-state index is 5.97. The molecule has 0 radical (unpaired) electrons. The number of ether oxygens (including phenoxy) is 2. The minimum Gasteiger partial charge on any atom is -0.496 e. The van der Waals surface area contributed by atoms with E-state index in [4.69, 9.17) is 18.8 Å². The van der Waals surface area contributed by atoms with E-state index in [2.05, 4.69) is 4.98 Å². The van der Waals surface area contributed by atoms with Crippen molar-refractivity contribution in [1.82, 2.24) is 4.98 Å². The monoisotopic (exact) mass is 265 g/mol. The largest absolute Gasteiger partial charge is 0.518 e. The van der Waals surface area contributed by atoms with Crippen molar-refractivity contribution < 1.29 is 18.8 Å². The summed E-state index contributed by atoms with van der Waals surface area (Å²) in [7, 11) is 2.61. The van der Waals surface area contributed by atoms with Gasteiger partial charge in [0, 0.05) is 6.07 Å². The van der Waals surface area contributed by atoms with Crippen LogP contribution in [-0.4, -0.2) is 37.5 Å². The Morgan fingerprint density at radius 3 is 2.05 bits per heavy atom. The quantitative estimate of drug-likeness (QED) is 0.773. The van der Waals surface area contributed by atoms with Gasteiger partial charge in [-0.3, -0.25) is 0 Å². The van der Waals surface area contributed by atoms with E-state index in [0.717, 1.165) is 0 Å². The van der Waals surface area contributed by atoms with Gasteiger partial charge in [-0.2, -0.15) is 0 Å². The summed E-state index contributed by atoms with van der Waals surface area (Å²) in [4.78, 5) is 4.38. The summed E-state index contributed by atoms with van der Waals surface area (Å²) in [6.45, 7) is 8.00. The summed E-state index contributed by atoms with van der Waals surface area (Å²) in [6, 6.07) is 3.54. The first-order valence-corrected chi connectivity index (χ1v) is 6.25. The van der Waals surface area contributed by atoms with Gasteiger partial charge in [0.2, 0.25) is 5.88 Å². The van der Waals surface area contributed by atoms with Gasteiger partial charge in [-0.25, -0.2) is 4.98 Å². The summed E-state index contributed by atoms with van der Waals surface area (Å²) >= 11 is 0. The predicted molar refractivity (Wildman–Crippen MR) is 73.1 cm³/mol. The molecule has 0 aromatic carbocycles. The number of hydrogen-bond donors (Lipinski definition) is 0. The second kappa shape index (κ2) is 4.69. The summed E-state index contributed by atoms with van der Waals surface area (Å²) in [5, 5.41) is 0. The zero-order chi connectivity index (χ0) is 14.3. The highest BCUT2D eigenvalue weighted by Crippen LogP contribution is 2.37. The molecule has 0 aliphatic carbocycles. The maximum Gasteiger partial charge on any atom is 0.518 e. The Morgan fingerprint density at radius 1 is 1.00 bits per heavy atom. The van der Waals surface area contributed by atoms with Crippen LogP contribution in [0.15, 0.2) is 12.1 Å². The zero-order valence-electron chi connectivity index (χ0n) is 12.3. The van der Waals surface area contributed by atoms with E-state index < -0.39 is 18.3 Å².